The van der Waals surface area contributed by atoms with Gasteiger partial charge in [-0.3, -0.25) is 10.1 Å². The number of hydrogen-bond acceptors (Lipinski definition) is 5. The summed E-state index contributed by atoms with van der Waals surface area (Å²) in [4.78, 5) is 17.2. The molecule has 4 aromatic rings. The van der Waals surface area contributed by atoms with Gasteiger partial charge in [-0.25, -0.2) is 14.1 Å². The molecular weight excluding hydrogens is 451 g/mol. The summed E-state index contributed by atoms with van der Waals surface area (Å²) in [5, 5.41) is 9.11. The molecule has 1 amide bonds. The van der Waals surface area contributed by atoms with Gasteiger partial charge in [0.1, 0.15) is 24.5 Å². The van der Waals surface area contributed by atoms with E-state index in [1.807, 2.05) is 30.5 Å². The Hall–Kier alpha value is -3.23. The van der Waals surface area contributed by atoms with Crippen molar-refractivity contribution in [2.45, 2.75) is 27.0 Å². The molecule has 6 nitrogen and oxygen atoms in total. The molecule has 2 aromatic carbocycles. The van der Waals surface area contributed by atoms with Crippen LogP contribution in [0.3, 0.4) is 0 Å². The molecule has 164 valence electrons. The second-order valence-corrected chi connectivity index (χ2v) is 8.63. The summed E-state index contributed by atoms with van der Waals surface area (Å²) in [7, 11) is 0. The molecule has 0 aliphatic heterocycles. The van der Waals surface area contributed by atoms with Crippen molar-refractivity contribution < 1.29 is 13.9 Å². The number of thiophene rings is 1. The summed E-state index contributed by atoms with van der Waals surface area (Å²) in [6, 6.07) is 11.9. The van der Waals surface area contributed by atoms with Crippen molar-refractivity contribution in [3.8, 4) is 5.75 Å². The van der Waals surface area contributed by atoms with Crippen molar-refractivity contribution in [1.29, 1.82) is 0 Å². The first-order valence-electron chi connectivity index (χ1n) is 9.79. The number of aromatic nitrogens is 3. The number of carbonyl (C=O) groups excluding carboxylic acids is 1. The highest BCUT2D eigenvalue weighted by atomic mass is 35.5. The van der Waals surface area contributed by atoms with Gasteiger partial charge >= 0.3 is 0 Å². The van der Waals surface area contributed by atoms with Gasteiger partial charge in [-0.05, 0) is 66.2 Å². The number of ether oxygens (including phenoxy) is 1. The lowest BCUT2D eigenvalue weighted by Gasteiger charge is -2.07. The molecule has 0 saturated heterocycles. The molecule has 0 aliphatic carbocycles. The number of aryl methyl sites for hydroxylation is 2. The Kier molecular flexibility index (Phi) is 6.53. The number of benzene rings is 2. The Morgan fingerprint density at radius 3 is 2.81 bits per heavy atom. The first kappa shape index (κ1) is 22.0. The van der Waals surface area contributed by atoms with Crippen LogP contribution in [0.2, 0.25) is 5.02 Å². The minimum absolute atomic E-state index is 0.176. The van der Waals surface area contributed by atoms with E-state index in [1.165, 1.54) is 45.6 Å². The third kappa shape index (κ3) is 5.33. The zero-order valence-corrected chi connectivity index (χ0v) is 19.0. The number of hydrogen-bond donors (Lipinski definition) is 1. The lowest BCUT2D eigenvalue weighted by Crippen LogP contribution is -2.12. The fourth-order valence-corrected chi connectivity index (χ4v) is 3.98. The summed E-state index contributed by atoms with van der Waals surface area (Å²) in [6.45, 7) is 4.77. The lowest BCUT2D eigenvalue weighted by molar-refractivity contribution is 0.102. The number of anilines is 1. The van der Waals surface area contributed by atoms with E-state index in [0.717, 1.165) is 11.3 Å². The van der Waals surface area contributed by atoms with Crippen molar-refractivity contribution in [2.24, 2.45) is 0 Å². The molecule has 4 rings (SSSR count). The van der Waals surface area contributed by atoms with E-state index in [4.69, 9.17) is 16.3 Å². The number of carbonyl (C=O) groups is 1. The van der Waals surface area contributed by atoms with Gasteiger partial charge < -0.3 is 4.74 Å². The van der Waals surface area contributed by atoms with Gasteiger partial charge in [0.2, 0.25) is 5.95 Å². The molecule has 0 aliphatic rings. The average molecular weight is 471 g/mol. The topological polar surface area (TPSA) is 69.0 Å². The Labute approximate surface area is 193 Å². The summed E-state index contributed by atoms with van der Waals surface area (Å²) >= 11 is 7.38. The third-order valence-electron chi connectivity index (χ3n) is 4.87. The van der Waals surface area contributed by atoms with Crippen LogP contribution in [0.4, 0.5) is 10.3 Å². The van der Waals surface area contributed by atoms with Crippen LogP contribution in [0.1, 0.15) is 31.9 Å². The molecule has 0 bridgehead atoms. The molecule has 0 fully saturated rings. The zero-order valence-electron chi connectivity index (χ0n) is 17.4. The van der Waals surface area contributed by atoms with Gasteiger partial charge in [0, 0.05) is 10.6 Å². The van der Waals surface area contributed by atoms with Crippen molar-refractivity contribution in [1.82, 2.24) is 14.8 Å². The molecule has 0 radical (unpaired) electrons. The van der Waals surface area contributed by atoms with Crippen molar-refractivity contribution in [3.05, 3.63) is 92.1 Å². The maximum Gasteiger partial charge on any atom is 0.268 e. The van der Waals surface area contributed by atoms with E-state index in [-0.39, 0.29) is 11.9 Å². The predicted octanol–water partition coefficient (Wildman–Crippen LogP) is 5.63. The number of halogens is 2. The highest BCUT2D eigenvalue weighted by Crippen LogP contribution is 2.21. The summed E-state index contributed by atoms with van der Waals surface area (Å²) in [6.07, 6.45) is 1.48. The summed E-state index contributed by atoms with van der Waals surface area (Å²) in [5.41, 5.74) is 3.98. The van der Waals surface area contributed by atoms with E-state index in [9.17, 15) is 9.18 Å². The lowest BCUT2D eigenvalue weighted by atomic mass is 10.1. The molecule has 9 heteroatoms. The molecule has 0 saturated carbocycles. The highest BCUT2D eigenvalue weighted by Gasteiger charge is 2.13. The number of amides is 1. The second-order valence-electron chi connectivity index (χ2n) is 7.31. The molecule has 0 spiro atoms. The molecule has 2 aromatic heterocycles. The predicted molar refractivity (Wildman–Crippen MR) is 123 cm³/mol. The smallest absolute Gasteiger partial charge is 0.268 e. The van der Waals surface area contributed by atoms with Crippen LogP contribution in [-0.2, 0) is 13.2 Å². The normalized spacial score (nSPS) is 10.9. The third-order valence-corrected chi connectivity index (χ3v) is 6.20. The average Bonchev–Trinajstić information content (AvgIpc) is 3.40. The Bertz CT molecular complexity index is 1270. The SMILES string of the molecule is Cc1ccc(OCc2csc(C(=O)Nc3ncn(Cc4ccc(F)cc4Cl)n3)c2)cc1C. The standard InChI is InChI=1S/C23H20ClFN4O2S/c1-14-3-6-19(7-15(14)2)31-11-16-8-21(32-12-16)22(30)27-23-26-13-29(28-23)10-17-4-5-18(25)9-20(17)24/h3-9,12-13H,10-11H2,1-2H3,(H,27,28,30). The Morgan fingerprint density at radius 1 is 1.19 bits per heavy atom. The van der Waals surface area contributed by atoms with Gasteiger partial charge in [0.05, 0.1) is 11.4 Å². The van der Waals surface area contributed by atoms with Crippen LogP contribution in [0.5, 0.6) is 5.75 Å². The second kappa shape index (κ2) is 9.50. The minimum atomic E-state index is -0.403. The number of rotatable bonds is 7. The van der Waals surface area contributed by atoms with Gasteiger partial charge in [0.15, 0.2) is 0 Å². The maximum atomic E-state index is 13.2. The van der Waals surface area contributed by atoms with Gasteiger partial charge in [-0.1, -0.05) is 23.7 Å². The first-order chi connectivity index (χ1) is 15.4. The van der Waals surface area contributed by atoms with E-state index >= 15 is 0 Å². The van der Waals surface area contributed by atoms with Gasteiger partial charge in [-0.2, -0.15) is 0 Å². The molecule has 0 atom stereocenters. The van der Waals surface area contributed by atoms with Crippen LogP contribution in [0.15, 0.2) is 54.2 Å². The summed E-state index contributed by atoms with van der Waals surface area (Å²) in [5.74, 6) is 0.265. The van der Waals surface area contributed by atoms with Crippen molar-refractivity contribution in [3.63, 3.8) is 0 Å². The quantitative estimate of drug-likeness (QED) is 0.380. The van der Waals surface area contributed by atoms with E-state index < -0.39 is 5.82 Å². The maximum absolute atomic E-state index is 13.2. The molecule has 2 heterocycles. The van der Waals surface area contributed by atoms with Crippen LogP contribution in [0.25, 0.3) is 0 Å². The zero-order chi connectivity index (χ0) is 22.7. The van der Waals surface area contributed by atoms with Gasteiger partial charge in [0.25, 0.3) is 5.91 Å². The first-order valence-corrected chi connectivity index (χ1v) is 11.1. The highest BCUT2D eigenvalue weighted by molar-refractivity contribution is 7.12. The van der Waals surface area contributed by atoms with Gasteiger partial charge in [-0.15, -0.1) is 16.4 Å². The number of nitrogens with zero attached hydrogens (tertiary/aromatic N) is 3. The van der Waals surface area contributed by atoms with E-state index in [1.54, 1.807) is 12.1 Å². The van der Waals surface area contributed by atoms with E-state index in [2.05, 4.69) is 22.3 Å². The van der Waals surface area contributed by atoms with Crippen LogP contribution >= 0.6 is 22.9 Å². The number of nitrogens with one attached hydrogen (secondary N) is 1. The molecular formula is C23H20ClFN4O2S. The van der Waals surface area contributed by atoms with Crippen molar-refractivity contribution in [2.75, 3.05) is 5.32 Å². The van der Waals surface area contributed by atoms with Crippen LogP contribution in [-0.4, -0.2) is 20.7 Å². The minimum Gasteiger partial charge on any atom is -0.489 e. The summed E-state index contributed by atoms with van der Waals surface area (Å²) < 4.78 is 20.5. The largest absolute Gasteiger partial charge is 0.489 e. The Morgan fingerprint density at radius 2 is 2.03 bits per heavy atom. The van der Waals surface area contributed by atoms with Crippen molar-refractivity contribution >= 4 is 34.8 Å². The Balaban J connectivity index is 1.34. The van der Waals surface area contributed by atoms with Crippen LogP contribution < -0.4 is 10.1 Å². The van der Waals surface area contributed by atoms with E-state index in [0.29, 0.717) is 28.6 Å². The molecule has 0 unspecified atom stereocenters. The molecule has 1 N–H and O–H groups in total. The van der Waals surface area contributed by atoms with Crippen LogP contribution in [0, 0.1) is 19.7 Å². The monoisotopic (exact) mass is 470 g/mol. The molecule has 32 heavy (non-hydrogen) atoms. The fourth-order valence-electron chi connectivity index (χ4n) is 2.96. The fraction of sp³-hybridized carbons (Fsp3) is 0.174.